The first-order chi connectivity index (χ1) is 8.07. The van der Waals surface area contributed by atoms with Crippen molar-refractivity contribution < 1.29 is 9.66 Å². The molecule has 17 heavy (non-hydrogen) atoms. The smallest absolute Gasteiger partial charge is 0.353 e. The number of aromatic nitrogens is 2. The number of anilines is 2. The van der Waals surface area contributed by atoms with Gasteiger partial charge in [0.1, 0.15) is 6.33 Å². The van der Waals surface area contributed by atoms with E-state index in [9.17, 15) is 10.1 Å². The van der Waals surface area contributed by atoms with Crippen molar-refractivity contribution in [1.29, 1.82) is 0 Å². The van der Waals surface area contributed by atoms with Crippen molar-refractivity contribution in [2.75, 3.05) is 37.4 Å². The van der Waals surface area contributed by atoms with Crippen molar-refractivity contribution in [2.24, 2.45) is 0 Å². The summed E-state index contributed by atoms with van der Waals surface area (Å²) >= 11 is 0. The van der Waals surface area contributed by atoms with E-state index < -0.39 is 4.92 Å². The lowest BCUT2D eigenvalue weighted by Crippen LogP contribution is -2.25. The van der Waals surface area contributed by atoms with Gasteiger partial charge in [-0.15, -0.1) is 0 Å². The first-order valence-electron chi connectivity index (χ1n) is 5.11. The number of nitrogens with zero attached hydrogens (tertiary/aromatic N) is 4. The monoisotopic (exact) mass is 241 g/mol. The van der Waals surface area contributed by atoms with E-state index in [0.29, 0.717) is 19.8 Å². The van der Waals surface area contributed by atoms with Crippen molar-refractivity contribution in [3.05, 3.63) is 16.4 Å². The molecule has 0 aromatic carbocycles. The maximum Gasteiger partial charge on any atom is 0.353 e. The van der Waals surface area contributed by atoms with Gasteiger partial charge >= 0.3 is 5.69 Å². The Hall–Kier alpha value is -1.96. The summed E-state index contributed by atoms with van der Waals surface area (Å²) in [4.78, 5) is 19.4. The molecule has 0 radical (unpaired) electrons. The van der Waals surface area contributed by atoms with Crippen molar-refractivity contribution in [1.82, 2.24) is 9.97 Å². The number of hydrogen-bond donors (Lipinski definition) is 1. The van der Waals surface area contributed by atoms with Gasteiger partial charge in [0.15, 0.2) is 0 Å². The van der Waals surface area contributed by atoms with Crippen molar-refractivity contribution >= 4 is 17.3 Å². The Bertz CT molecular complexity index is 398. The molecule has 0 aliphatic heterocycles. The topological polar surface area (TPSA) is 107 Å². The van der Waals surface area contributed by atoms with Crippen LogP contribution in [0.5, 0.6) is 0 Å². The predicted molar refractivity (Wildman–Crippen MR) is 62.9 cm³/mol. The summed E-state index contributed by atoms with van der Waals surface area (Å²) in [5.74, 6) is 0.0606. The third-order valence-electron chi connectivity index (χ3n) is 2.15. The molecule has 1 aromatic rings. The zero-order valence-corrected chi connectivity index (χ0v) is 9.79. The maximum absolute atomic E-state index is 10.9. The highest BCUT2D eigenvalue weighted by molar-refractivity contribution is 5.68. The zero-order valence-electron chi connectivity index (χ0n) is 9.79. The van der Waals surface area contributed by atoms with Gasteiger partial charge in [-0.25, -0.2) is 9.97 Å². The van der Waals surface area contributed by atoms with Gasteiger partial charge < -0.3 is 15.4 Å². The number of likely N-dealkylation sites (N-methyl/N-ethyl adjacent to an activating group) is 1. The minimum absolute atomic E-state index is 0.136. The average Bonchev–Trinajstić information content (AvgIpc) is 2.28. The Balaban J connectivity index is 2.89. The molecule has 0 aliphatic carbocycles. The zero-order chi connectivity index (χ0) is 12.8. The molecule has 1 aromatic heterocycles. The molecule has 1 heterocycles. The molecule has 0 atom stereocenters. The average molecular weight is 241 g/mol. The molecule has 0 amide bonds. The summed E-state index contributed by atoms with van der Waals surface area (Å²) in [6, 6.07) is 0. The quantitative estimate of drug-likeness (QED) is 0.437. The SMILES string of the molecule is CCOCCN(C)c1ncnc(N)c1[N+](=O)[O-]. The molecule has 0 unspecified atom stereocenters. The third kappa shape index (κ3) is 3.25. The fourth-order valence-corrected chi connectivity index (χ4v) is 1.29. The van der Waals surface area contributed by atoms with Gasteiger partial charge in [0, 0.05) is 20.2 Å². The normalized spacial score (nSPS) is 10.2. The van der Waals surface area contributed by atoms with Gasteiger partial charge in [-0.05, 0) is 6.92 Å². The number of nitro groups is 1. The number of rotatable bonds is 6. The number of ether oxygens (including phenoxy) is 1. The largest absolute Gasteiger partial charge is 0.380 e. The Kier molecular flexibility index (Phi) is 4.58. The minimum Gasteiger partial charge on any atom is -0.380 e. The predicted octanol–water partition coefficient (Wildman–Crippen LogP) is 0.440. The molecule has 0 bridgehead atoms. The van der Waals surface area contributed by atoms with Crippen LogP contribution in [0.3, 0.4) is 0 Å². The summed E-state index contributed by atoms with van der Waals surface area (Å²) in [5, 5.41) is 10.9. The van der Waals surface area contributed by atoms with Crippen molar-refractivity contribution in [3.8, 4) is 0 Å². The van der Waals surface area contributed by atoms with Crippen LogP contribution in [0.4, 0.5) is 17.3 Å². The molecule has 0 aliphatic rings. The summed E-state index contributed by atoms with van der Waals surface area (Å²) in [5.41, 5.74) is 5.19. The highest BCUT2D eigenvalue weighted by Gasteiger charge is 2.23. The lowest BCUT2D eigenvalue weighted by atomic mass is 10.4. The molecular weight excluding hydrogens is 226 g/mol. The van der Waals surface area contributed by atoms with E-state index in [0.717, 1.165) is 0 Å². The number of nitrogens with two attached hydrogens (primary N) is 1. The Labute approximate surface area is 98.6 Å². The van der Waals surface area contributed by atoms with E-state index in [1.165, 1.54) is 6.33 Å². The van der Waals surface area contributed by atoms with Crippen LogP contribution >= 0.6 is 0 Å². The number of hydrogen-bond acceptors (Lipinski definition) is 7. The maximum atomic E-state index is 10.9. The van der Waals surface area contributed by atoms with Gasteiger partial charge in [-0.1, -0.05) is 0 Å². The molecule has 1 rings (SSSR count). The summed E-state index contributed by atoms with van der Waals surface area (Å²) in [7, 11) is 1.69. The van der Waals surface area contributed by atoms with Crippen molar-refractivity contribution in [2.45, 2.75) is 6.92 Å². The van der Waals surface area contributed by atoms with E-state index in [2.05, 4.69) is 9.97 Å². The standard InChI is InChI=1S/C9H15N5O3/c1-3-17-5-4-13(2)9-7(14(15)16)8(10)11-6-12-9/h6H,3-5H2,1-2H3,(H2,10,11,12). The highest BCUT2D eigenvalue weighted by Crippen LogP contribution is 2.28. The Morgan fingerprint density at radius 2 is 2.29 bits per heavy atom. The van der Waals surface area contributed by atoms with Gasteiger partial charge in [-0.2, -0.15) is 0 Å². The molecule has 0 saturated carbocycles. The molecular formula is C9H15N5O3. The fourth-order valence-electron chi connectivity index (χ4n) is 1.29. The molecule has 0 saturated heterocycles. The molecule has 8 nitrogen and oxygen atoms in total. The van der Waals surface area contributed by atoms with E-state index in [1.807, 2.05) is 6.92 Å². The molecule has 2 N–H and O–H groups in total. The summed E-state index contributed by atoms with van der Waals surface area (Å²) < 4.78 is 5.17. The first-order valence-corrected chi connectivity index (χ1v) is 5.11. The van der Waals surface area contributed by atoms with Gasteiger partial charge in [0.2, 0.25) is 11.6 Å². The van der Waals surface area contributed by atoms with E-state index in [1.54, 1.807) is 11.9 Å². The second-order valence-electron chi connectivity index (χ2n) is 3.31. The summed E-state index contributed by atoms with van der Waals surface area (Å²) in [6.07, 6.45) is 1.20. The van der Waals surface area contributed by atoms with Crippen LogP contribution < -0.4 is 10.6 Å². The fraction of sp³-hybridized carbons (Fsp3) is 0.556. The lowest BCUT2D eigenvalue weighted by Gasteiger charge is -2.17. The molecule has 0 fully saturated rings. The van der Waals surface area contributed by atoms with Crippen LogP contribution in [0.15, 0.2) is 6.33 Å². The first kappa shape index (κ1) is 13.1. The van der Waals surface area contributed by atoms with Crippen molar-refractivity contribution in [3.63, 3.8) is 0 Å². The van der Waals surface area contributed by atoms with Crippen LogP contribution in [0, 0.1) is 10.1 Å². The second-order valence-corrected chi connectivity index (χ2v) is 3.31. The van der Waals surface area contributed by atoms with Gasteiger partial charge in [-0.3, -0.25) is 10.1 Å². The van der Waals surface area contributed by atoms with Gasteiger partial charge in [0.05, 0.1) is 11.5 Å². The molecule has 0 spiro atoms. The molecule has 94 valence electrons. The third-order valence-corrected chi connectivity index (χ3v) is 2.15. The van der Waals surface area contributed by atoms with Crippen LogP contribution in [-0.4, -0.2) is 41.7 Å². The van der Waals surface area contributed by atoms with E-state index >= 15 is 0 Å². The summed E-state index contributed by atoms with van der Waals surface area (Å²) in [6.45, 7) is 3.44. The highest BCUT2D eigenvalue weighted by atomic mass is 16.6. The number of nitrogen functional groups attached to an aromatic ring is 1. The second kappa shape index (κ2) is 5.94. The Morgan fingerprint density at radius 1 is 1.59 bits per heavy atom. The van der Waals surface area contributed by atoms with Gasteiger partial charge in [0.25, 0.3) is 0 Å². The minimum atomic E-state index is -0.582. The Morgan fingerprint density at radius 3 is 2.88 bits per heavy atom. The van der Waals surface area contributed by atoms with E-state index in [-0.39, 0.29) is 17.3 Å². The van der Waals surface area contributed by atoms with Crippen LogP contribution in [0.25, 0.3) is 0 Å². The van der Waals surface area contributed by atoms with Crippen LogP contribution in [-0.2, 0) is 4.74 Å². The molecule has 8 heteroatoms. The lowest BCUT2D eigenvalue weighted by molar-refractivity contribution is -0.383. The van der Waals surface area contributed by atoms with E-state index in [4.69, 9.17) is 10.5 Å². The van der Waals surface area contributed by atoms with Crippen LogP contribution in [0.2, 0.25) is 0 Å². The van der Waals surface area contributed by atoms with Crippen LogP contribution in [0.1, 0.15) is 6.92 Å².